The number of methoxy groups -OCH3 is 1. The van der Waals surface area contributed by atoms with Crippen LogP contribution >= 0.6 is 0 Å². The minimum Gasteiger partial charge on any atom is -0.378 e. The summed E-state index contributed by atoms with van der Waals surface area (Å²) in [5.74, 6) is 1.76. The van der Waals surface area contributed by atoms with Crippen LogP contribution in [0.2, 0.25) is 0 Å². The van der Waals surface area contributed by atoms with Gasteiger partial charge in [0.1, 0.15) is 11.6 Å². The Morgan fingerprint density at radius 2 is 2.15 bits per heavy atom. The van der Waals surface area contributed by atoms with Crippen molar-refractivity contribution in [1.82, 2.24) is 19.8 Å². The van der Waals surface area contributed by atoms with Gasteiger partial charge in [-0.25, -0.2) is 9.97 Å². The summed E-state index contributed by atoms with van der Waals surface area (Å²) >= 11 is 0. The van der Waals surface area contributed by atoms with Crippen molar-refractivity contribution in [1.29, 1.82) is 0 Å². The molecule has 0 aliphatic carbocycles. The third-order valence-corrected chi connectivity index (χ3v) is 3.60. The molecule has 1 atom stereocenters. The molecule has 0 bridgehead atoms. The van der Waals surface area contributed by atoms with E-state index < -0.39 is 0 Å². The average Bonchev–Trinajstić information content (AvgIpc) is 2.42. The quantitative estimate of drug-likeness (QED) is 0.867. The zero-order valence-electron chi connectivity index (χ0n) is 12.9. The number of rotatable bonds is 5. The predicted molar refractivity (Wildman–Crippen MR) is 79.8 cm³/mol. The molecular weight excluding hydrogens is 254 g/mol. The Kier molecular flexibility index (Phi) is 5.28. The van der Waals surface area contributed by atoms with Crippen molar-refractivity contribution < 1.29 is 4.74 Å². The third-order valence-electron chi connectivity index (χ3n) is 3.60. The normalized spacial score (nSPS) is 21.1. The number of likely N-dealkylation sites (N-methyl/N-ethyl adjacent to an activating group) is 2. The van der Waals surface area contributed by atoms with Crippen LogP contribution in [-0.4, -0.2) is 67.2 Å². The van der Waals surface area contributed by atoms with E-state index in [0.29, 0.717) is 6.61 Å². The maximum Gasteiger partial charge on any atom is 0.149 e. The summed E-state index contributed by atoms with van der Waals surface area (Å²) in [4.78, 5) is 14.0. The summed E-state index contributed by atoms with van der Waals surface area (Å²) in [7, 11) is 5.97. The Morgan fingerprint density at radius 3 is 2.85 bits per heavy atom. The minimum absolute atomic E-state index is 0.239. The van der Waals surface area contributed by atoms with Crippen molar-refractivity contribution in [2.45, 2.75) is 19.6 Å². The molecule has 112 valence electrons. The Balaban J connectivity index is 2.28. The molecule has 1 unspecified atom stereocenters. The Bertz CT molecular complexity index is 415. The summed E-state index contributed by atoms with van der Waals surface area (Å²) in [5.41, 5.74) is 0.926. The molecule has 2 heterocycles. The first-order chi connectivity index (χ1) is 9.63. The fraction of sp³-hybridized carbons (Fsp3) is 0.714. The van der Waals surface area contributed by atoms with Crippen LogP contribution in [-0.2, 0) is 11.3 Å². The third kappa shape index (κ3) is 3.65. The van der Waals surface area contributed by atoms with Crippen molar-refractivity contribution in [2.75, 3.05) is 52.7 Å². The van der Waals surface area contributed by atoms with Crippen molar-refractivity contribution in [3.05, 3.63) is 17.6 Å². The fourth-order valence-corrected chi connectivity index (χ4v) is 2.45. The molecule has 1 aromatic heterocycles. The van der Waals surface area contributed by atoms with Crippen LogP contribution in [0.4, 0.5) is 5.82 Å². The van der Waals surface area contributed by atoms with Gasteiger partial charge in [-0.15, -0.1) is 0 Å². The first-order valence-electron chi connectivity index (χ1n) is 7.13. The maximum absolute atomic E-state index is 5.21. The summed E-state index contributed by atoms with van der Waals surface area (Å²) in [6.45, 7) is 6.51. The van der Waals surface area contributed by atoms with E-state index >= 15 is 0 Å². The number of aromatic nitrogens is 2. The first-order valence-corrected chi connectivity index (χ1v) is 7.13. The van der Waals surface area contributed by atoms with Gasteiger partial charge in [0.15, 0.2) is 0 Å². The van der Waals surface area contributed by atoms with Crippen LogP contribution in [0.15, 0.2) is 6.07 Å². The molecule has 1 fully saturated rings. The topological polar surface area (TPSA) is 53.5 Å². The molecule has 1 saturated heterocycles. The van der Waals surface area contributed by atoms with Gasteiger partial charge in [0.05, 0.1) is 18.3 Å². The van der Waals surface area contributed by atoms with Crippen LogP contribution in [0.1, 0.15) is 24.5 Å². The van der Waals surface area contributed by atoms with E-state index in [1.54, 1.807) is 7.11 Å². The van der Waals surface area contributed by atoms with E-state index in [0.717, 1.165) is 43.5 Å². The summed E-state index contributed by atoms with van der Waals surface area (Å²) in [6, 6.07) is 2.20. The standard InChI is InChI=1S/C14H25N5O/c1-5-15-13-8-11(10-20-4)16-14(17-13)12-9-18(2)6-7-19(12)3/h8,12H,5-7,9-10H2,1-4H3,(H,15,16,17). The molecule has 1 aliphatic rings. The second-order valence-electron chi connectivity index (χ2n) is 5.32. The average molecular weight is 279 g/mol. The van der Waals surface area contributed by atoms with Gasteiger partial charge in [-0.05, 0) is 21.0 Å². The molecule has 1 N–H and O–H groups in total. The van der Waals surface area contributed by atoms with E-state index in [1.807, 2.05) is 6.07 Å². The molecule has 0 saturated carbocycles. The molecule has 6 nitrogen and oxygen atoms in total. The molecule has 20 heavy (non-hydrogen) atoms. The minimum atomic E-state index is 0.239. The second-order valence-corrected chi connectivity index (χ2v) is 5.32. The molecule has 2 rings (SSSR count). The highest BCUT2D eigenvalue weighted by atomic mass is 16.5. The van der Waals surface area contributed by atoms with Gasteiger partial charge in [0.25, 0.3) is 0 Å². The van der Waals surface area contributed by atoms with Gasteiger partial charge < -0.3 is 15.0 Å². The summed E-state index contributed by atoms with van der Waals surface area (Å²) in [5, 5.41) is 3.27. The number of nitrogens with zero attached hydrogens (tertiary/aromatic N) is 4. The van der Waals surface area contributed by atoms with Crippen LogP contribution < -0.4 is 5.32 Å². The number of piperazine rings is 1. The van der Waals surface area contributed by atoms with E-state index in [4.69, 9.17) is 4.74 Å². The monoisotopic (exact) mass is 279 g/mol. The highest BCUT2D eigenvalue weighted by molar-refractivity contribution is 5.36. The molecule has 1 aliphatic heterocycles. The Morgan fingerprint density at radius 1 is 1.35 bits per heavy atom. The molecule has 0 spiro atoms. The zero-order chi connectivity index (χ0) is 14.5. The molecule has 6 heteroatoms. The zero-order valence-corrected chi connectivity index (χ0v) is 12.9. The Labute approximate surface area is 121 Å². The van der Waals surface area contributed by atoms with Crippen molar-refractivity contribution >= 4 is 5.82 Å². The van der Waals surface area contributed by atoms with Gasteiger partial charge in [0, 0.05) is 39.4 Å². The highest BCUT2D eigenvalue weighted by Gasteiger charge is 2.26. The lowest BCUT2D eigenvalue weighted by molar-refractivity contribution is 0.109. The number of hydrogen-bond acceptors (Lipinski definition) is 6. The van der Waals surface area contributed by atoms with Crippen LogP contribution in [0.5, 0.6) is 0 Å². The van der Waals surface area contributed by atoms with Crippen molar-refractivity contribution in [3.8, 4) is 0 Å². The molecule has 0 aromatic carbocycles. The Hall–Kier alpha value is -1.24. The van der Waals surface area contributed by atoms with E-state index in [9.17, 15) is 0 Å². The van der Waals surface area contributed by atoms with E-state index in [2.05, 4.69) is 46.1 Å². The largest absolute Gasteiger partial charge is 0.378 e. The van der Waals surface area contributed by atoms with Gasteiger partial charge in [-0.3, -0.25) is 4.90 Å². The van der Waals surface area contributed by atoms with Crippen LogP contribution in [0.3, 0.4) is 0 Å². The lowest BCUT2D eigenvalue weighted by Gasteiger charge is -2.36. The maximum atomic E-state index is 5.21. The van der Waals surface area contributed by atoms with Gasteiger partial charge in [-0.1, -0.05) is 0 Å². The highest BCUT2D eigenvalue weighted by Crippen LogP contribution is 2.22. The van der Waals surface area contributed by atoms with Crippen molar-refractivity contribution in [3.63, 3.8) is 0 Å². The lowest BCUT2D eigenvalue weighted by atomic mass is 10.1. The molecule has 0 radical (unpaired) electrons. The van der Waals surface area contributed by atoms with E-state index in [-0.39, 0.29) is 6.04 Å². The predicted octanol–water partition coefficient (Wildman–Crippen LogP) is 0.973. The van der Waals surface area contributed by atoms with Crippen LogP contribution in [0.25, 0.3) is 0 Å². The molecule has 1 aromatic rings. The van der Waals surface area contributed by atoms with Crippen molar-refractivity contribution in [2.24, 2.45) is 0 Å². The summed E-state index contributed by atoms with van der Waals surface area (Å²) in [6.07, 6.45) is 0. The number of anilines is 1. The van der Waals surface area contributed by atoms with E-state index in [1.165, 1.54) is 0 Å². The van der Waals surface area contributed by atoms with Gasteiger partial charge in [0.2, 0.25) is 0 Å². The van der Waals surface area contributed by atoms with Crippen LogP contribution in [0, 0.1) is 0 Å². The molecule has 0 amide bonds. The first kappa shape index (κ1) is 15.2. The lowest BCUT2D eigenvalue weighted by Crippen LogP contribution is -2.45. The van der Waals surface area contributed by atoms with Gasteiger partial charge >= 0.3 is 0 Å². The second kappa shape index (κ2) is 6.97. The number of ether oxygens (including phenoxy) is 1. The number of hydrogen-bond donors (Lipinski definition) is 1. The number of nitrogens with one attached hydrogen (secondary N) is 1. The summed E-state index contributed by atoms with van der Waals surface area (Å²) < 4.78 is 5.21. The SMILES string of the molecule is CCNc1cc(COC)nc(C2CN(C)CCN2C)n1. The smallest absolute Gasteiger partial charge is 0.149 e. The fourth-order valence-electron chi connectivity index (χ4n) is 2.45. The van der Waals surface area contributed by atoms with Gasteiger partial charge in [-0.2, -0.15) is 0 Å². The molecular formula is C14H25N5O.